The van der Waals surface area contributed by atoms with Crippen molar-refractivity contribution in [2.45, 2.75) is 24.2 Å². The number of anilines is 1. The lowest BCUT2D eigenvalue weighted by Crippen LogP contribution is -2.48. The molecular weight excluding hydrogens is 414 g/mol. The van der Waals surface area contributed by atoms with Gasteiger partial charge in [-0.05, 0) is 22.8 Å². The van der Waals surface area contributed by atoms with Crippen LogP contribution >= 0.6 is 23.1 Å². The number of hydrogen-bond donors (Lipinski definition) is 1. The van der Waals surface area contributed by atoms with E-state index < -0.39 is 0 Å². The van der Waals surface area contributed by atoms with Crippen LogP contribution in [0.3, 0.4) is 0 Å². The van der Waals surface area contributed by atoms with Crippen molar-refractivity contribution in [3.8, 4) is 0 Å². The molecule has 1 N–H and O–H groups in total. The number of rotatable bonds is 8. The molecule has 6 nitrogen and oxygen atoms in total. The highest BCUT2D eigenvalue weighted by Crippen LogP contribution is 2.26. The molecule has 0 spiro atoms. The van der Waals surface area contributed by atoms with Gasteiger partial charge in [0.1, 0.15) is 0 Å². The molecule has 3 aromatic rings. The third kappa shape index (κ3) is 5.30. The summed E-state index contributed by atoms with van der Waals surface area (Å²) in [4.78, 5) is 17.0. The Morgan fingerprint density at radius 1 is 1.10 bits per heavy atom. The van der Waals surface area contributed by atoms with E-state index in [1.54, 1.807) is 0 Å². The molecule has 1 saturated heterocycles. The summed E-state index contributed by atoms with van der Waals surface area (Å²) in [6.45, 7) is 7.31. The molecule has 0 unspecified atom stereocenters. The van der Waals surface area contributed by atoms with Crippen molar-refractivity contribution in [1.29, 1.82) is 0 Å². The summed E-state index contributed by atoms with van der Waals surface area (Å²) < 4.78 is 0.844. The zero-order chi connectivity index (χ0) is 20.8. The highest BCUT2D eigenvalue weighted by Gasteiger charge is 2.22. The van der Waals surface area contributed by atoms with Crippen molar-refractivity contribution in [2.75, 3.05) is 43.8 Å². The molecule has 0 bridgehead atoms. The maximum atomic E-state index is 12.6. The third-order valence-electron chi connectivity index (χ3n) is 5.25. The normalized spacial score (nSPS) is 14.9. The Morgan fingerprint density at radius 3 is 2.73 bits per heavy atom. The predicted octanol–water partition coefficient (Wildman–Crippen LogP) is 3.95. The lowest BCUT2D eigenvalue weighted by molar-refractivity contribution is -0.130. The van der Waals surface area contributed by atoms with Gasteiger partial charge in [0.05, 0.1) is 5.75 Å². The Morgan fingerprint density at radius 2 is 1.90 bits per heavy atom. The van der Waals surface area contributed by atoms with E-state index in [1.165, 1.54) is 39.4 Å². The lowest BCUT2D eigenvalue weighted by Gasteiger charge is -2.34. The molecule has 1 amide bonds. The smallest absolute Gasteiger partial charge is 0.233 e. The monoisotopic (exact) mass is 441 g/mol. The molecule has 4 rings (SSSR count). The van der Waals surface area contributed by atoms with Gasteiger partial charge in [0.25, 0.3) is 0 Å². The van der Waals surface area contributed by atoms with Gasteiger partial charge < -0.3 is 10.2 Å². The van der Waals surface area contributed by atoms with Crippen molar-refractivity contribution < 1.29 is 4.79 Å². The number of fused-ring (bicyclic) bond motifs is 1. The minimum atomic E-state index is 0.183. The number of aromatic nitrogens is 2. The minimum Gasteiger partial charge on any atom is -0.360 e. The first-order valence-corrected chi connectivity index (χ1v) is 12.2. The molecule has 0 atom stereocenters. The lowest BCUT2D eigenvalue weighted by atomic mass is 10.0. The van der Waals surface area contributed by atoms with Crippen LogP contribution in [0.5, 0.6) is 0 Å². The van der Waals surface area contributed by atoms with Gasteiger partial charge in [0, 0.05) is 39.3 Å². The average molecular weight is 442 g/mol. The number of carbonyl (C=O) groups excluding carboxylic acids is 1. The molecule has 1 fully saturated rings. The maximum absolute atomic E-state index is 12.6. The van der Waals surface area contributed by atoms with Gasteiger partial charge in [-0.1, -0.05) is 72.5 Å². The molecule has 2 heterocycles. The Labute approximate surface area is 185 Å². The van der Waals surface area contributed by atoms with Crippen molar-refractivity contribution in [3.63, 3.8) is 0 Å². The first kappa shape index (κ1) is 21.1. The zero-order valence-corrected chi connectivity index (χ0v) is 18.8. The zero-order valence-electron chi connectivity index (χ0n) is 17.2. The SMILES string of the molecule is CCCNc1nnc(SCC(=O)N2CCN(Cc3cccc4ccccc34)CC2)s1. The minimum absolute atomic E-state index is 0.183. The summed E-state index contributed by atoms with van der Waals surface area (Å²) in [5, 5.41) is 14.9. The highest BCUT2D eigenvalue weighted by molar-refractivity contribution is 8.01. The van der Waals surface area contributed by atoms with E-state index in [2.05, 4.69) is 69.8 Å². The van der Waals surface area contributed by atoms with E-state index in [1.807, 2.05) is 4.90 Å². The van der Waals surface area contributed by atoms with E-state index in [0.717, 1.165) is 55.2 Å². The first-order chi connectivity index (χ1) is 14.7. The summed E-state index contributed by atoms with van der Waals surface area (Å²) >= 11 is 3.00. The summed E-state index contributed by atoms with van der Waals surface area (Å²) in [6, 6.07) is 15.0. The Balaban J connectivity index is 1.25. The van der Waals surface area contributed by atoms with Crippen LogP contribution in [-0.2, 0) is 11.3 Å². The second-order valence-corrected chi connectivity index (χ2v) is 9.58. The largest absolute Gasteiger partial charge is 0.360 e. The van der Waals surface area contributed by atoms with E-state index in [-0.39, 0.29) is 5.91 Å². The van der Waals surface area contributed by atoms with Crippen molar-refractivity contribution in [2.24, 2.45) is 0 Å². The summed E-state index contributed by atoms with van der Waals surface area (Å²) in [7, 11) is 0. The second-order valence-electron chi connectivity index (χ2n) is 7.38. The molecule has 0 saturated carbocycles. The molecule has 30 heavy (non-hydrogen) atoms. The number of carbonyl (C=O) groups is 1. The van der Waals surface area contributed by atoms with E-state index in [0.29, 0.717) is 5.75 Å². The van der Waals surface area contributed by atoms with Crippen molar-refractivity contribution >= 4 is 44.9 Å². The van der Waals surface area contributed by atoms with Crippen LogP contribution in [0.15, 0.2) is 46.8 Å². The molecule has 2 aromatic carbocycles. The molecule has 0 radical (unpaired) electrons. The van der Waals surface area contributed by atoms with Crippen LogP contribution in [-0.4, -0.2) is 64.4 Å². The van der Waals surface area contributed by atoms with Gasteiger partial charge in [0.2, 0.25) is 11.0 Å². The van der Waals surface area contributed by atoms with Crippen LogP contribution < -0.4 is 5.32 Å². The molecule has 0 aliphatic carbocycles. The van der Waals surface area contributed by atoms with Gasteiger partial charge in [-0.2, -0.15) is 0 Å². The topological polar surface area (TPSA) is 61.4 Å². The average Bonchev–Trinajstić information content (AvgIpc) is 3.24. The Hall–Kier alpha value is -2.16. The van der Waals surface area contributed by atoms with Crippen LogP contribution in [0.25, 0.3) is 10.8 Å². The van der Waals surface area contributed by atoms with E-state index in [4.69, 9.17) is 0 Å². The molecular formula is C22H27N5OS2. The van der Waals surface area contributed by atoms with E-state index >= 15 is 0 Å². The van der Waals surface area contributed by atoms with Crippen molar-refractivity contribution in [1.82, 2.24) is 20.0 Å². The van der Waals surface area contributed by atoms with Crippen LogP contribution in [0.4, 0.5) is 5.13 Å². The number of hydrogen-bond acceptors (Lipinski definition) is 7. The summed E-state index contributed by atoms with van der Waals surface area (Å²) in [5.41, 5.74) is 1.35. The first-order valence-electron chi connectivity index (χ1n) is 10.4. The van der Waals surface area contributed by atoms with Gasteiger partial charge in [-0.3, -0.25) is 9.69 Å². The fraction of sp³-hybridized carbons (Fsp3) is 0.409. The van der Waals surface area contributed by atoms with Gasteiger partial charge >= 0.3 is 0 Å². The molecule has 1 aromatic heterocycles. The third-order valence-corrected chi connectivity index (χ3v) is 7.25. The van der Waals surface area contributed by atoms with Crippen LogP contribution in [0.2, 0.25) is 0 Å². The Bertz CT molecular complexity index is 979. The fourth-order valence-electron chi connectivity index (χ4n) is 3.61. The summed E-state index contributed by atoms with van der Waals surface area (Å²) in [5.74, 6) is 0.606. The number of nitrogens with zero attached hydrogens (tertiary/aromatic N) is 4. The fourth-order valence-corrected chi connectivity index (χ4v) is 5.29. The molecule has 158 valence electrons. The predicted molar refractivity (Wildman–Crippen MR) is 125 cm³/mol. The number of thioether (sulfide) groups is 1. The number of nitrogens with one attached hydrogen (secondary N) is 1. The quantitative estimate of drug-likeness (QED) is 0.534. The number of amides is 1. The Kier molecular flexibility index (Phi) is 7.20. The number of piperazine rings is 1. The van der Waals surface area contributed by atoms with Crippen molar-refractivity contribution in [3.05, 3.63) is 48.0 Å². The van der Waals surface area contributed by atoms with Crippen LogP contribution in [0.1, 0.15) is 18.9 Å². The molecule has 8 heteroatoms. The van der Waals surface area contributed by atoms with Gasteiger partial charge in [-0.15, -0.1) is 10.2 Å². The second kappa shape index (κ2) is 10.2. The van der Waals surface area contributed by atoms with Gasteiger partial charge in [0.15, 0.2) is 4.34 Å². The standard InChI is InChI=1S/C22H27N5OS2/c1-2-10-23-21-24-25-22(30-21)29-16-20(28)27-13-11-26(12-14-27)15-18-8-5-7-17-6-3-4-9-19(17)18/h3-9H,2,10-16H2,1H3,(H,23,24). The number of benzene rings is 2. The van der Waals surface area contributed by atoms with E-state index in [9.17, 15) is 4.79 Å². The molecule has 1 aliphatic rings. The summed E-state index contributed by atoms with van der Waals surface area (Å²) in [6.07, 6.45) is 1.05. The molecule has 1 aliphatic heterocycles. The van der Waals surface area contributed by atoms with Gasteiger partial charge in [-0.25, -0.2) is 0 Å². The van der Waals surface area contributed by atoms with Crippen LogP contribution in [0, 0.1) is 0 Å². The highest BCUT2D eigenvalue weighted by atomic mass is 32.2. The maximum Gasteiger partial charge on any atom is 0.233 e.